The van der Waals surface area contributed by atoms with Crippen molar-refractivity contribution in [2.24, 2.45) is 0 Å². The molecule has 2 N–H and O–H groups in total. The predicted molar refractivity (Wildman–Crippen MR) is 85.9 cm³/mol. The molecule has 0 aliphatic carbocycles. The summed E-state index contributed by atoms with van der Waals surface area (Å²) in [6, 6.07) is -0.315. The van der Waals surface area contributed by atoms with Gasteiger partial charge in [-0.25, -0.2) is 4.79 Å². The maximum atomic E-state index is 12.2. The topological polar surface area (TPSA) is 72.9 Å². The lowest BCUT2D eigenvalue weighted by Crippen LogP contribution is -2.51. The first kappa shape index (κ1) is 18.1. The maximum Gasteiger partial charge on any atom is 0.317 e. The molecule has 6 nitrogen and oxygen atoms in total. The van der Waals surface area contributed by atoms with E-state index in [0.717, 1.165) is 31.8 Å². The number of nitrogens with one attached hydrogen (secondary N) is 1. The van der Waals surface area contributed by atoms with Gasteiger partial charge in [-0.2, -0.15) is 11.8 Å². The number of carbonyl (C=O) groups excluding carboxylic acids is 1. The van der Waals surface area contributed by atoms with Crippen LogP contribution in [0, 0.1) is 0 Å². The Morgan fingerprint density at radius 1 is 1.38 bits per heavy atom. The number of thioether (sulfide) groups is 1. The van der Waals surface area contributed by atoms with Gasteiger partial charge < -0.3 is 20.2 Å². The Balaban J connectivity index is 2.33. The number of carboxylic acid groups (broad SMARTS) is 1. The first-order valence-corrected chi connectivity index (χ1v) is 8.80. The van der Waals surface area contributed by atoms with Crippen LogP contribution >= 0.6 is 11.8 Å². The maximum absolute atomic E-state index is 12.2. The van der Waals surface area contributed by atoms with Crippen LogP contribution in [0.15, 0.2) is 0 Å². The predicted octanol–water partition coefficient (Wildman–Crippen LogP) is 1.32. The van der Waals surface area contributed by atoms with Crippen molar-refractivity contribution in [3.8, 4) is 0 Å². The molecule has 0 saturated carbocycles. The highest BCUT2D eigenvalue weighted by molar-refractivity contribution is 7.99. The van der Waals surface area contributed by atoms with Gasteiger partial charge in [0.25, 0.3) is 0 Å². The Bertz CT molecular complexity index is 337. The summed E-state index contributed by atoms with van der Waals surface area (Å²) in [5.41, 5.74) is 0. The molecule has 0 spiro atoms. The minimum Gasteiger partial charge on any atom is -0.481 e. The van der Waals surface area contributed by atoms with E-state index in [1.807, 2.05) is 0 Å². The smallest absolute Gasteiger partial charge is 0.317 e. The van der Waals surface area contributed by atoms with Crippen LogP contribution in [-0.2, 0) is 4.79 Å². The van der Waals surface area contributed by atoms with E-state index in [9.17, 15) is 9.59 Å². The summed E-state index contributed by atoms with van der Waals surface area (Å²) in [6.45, 7) is 8.54. The Kier molecular flexibility index (Phi) is 8.52. The van der Waals surface area contributed by atoms with Crippen LogP contribution in [0.2, 0.25) is 0 Å². The van der Waals surface area contributed by atoms with Crippen LogP contribution in [0.4, 0.5) is 4.79 Å². The molecule has 0 radical (unpaired) electrons. The highest BCUT2D eigenvalue weighted by Crippen LogP contribution is 2.19. The minimum atomic E-state index is -0.846. The summed E-state index contributed by atoms with van der Waals surface area (Å²) in [4.78, 5) is 27.0. The van der Waals surface area contributed by atoms with Crippen molar-refractivity contribution >= 4 is 23.8 Å². The van der Waals surface area contributed by atoms with E-state index in [1.165, 1.54) is 0 Å². The fourth-order valence-electron chi connectivity index (χ4n) is 2.43. The van der Waals surface area contributed by atoms with Crippen molar-refractivity contribution in [2.75, 3.05) is 44.2 Å². The van der Waals surface area contributed by atoms with Gasteiger partial charge in [0.2, 0.25) is 0 Å². The molecule has 1 rings (SSSR count). The average molecular weight is 317 g/mol. The van der Waals surface area contributed by atoms with Gasteiger partial charge in [-0.1, -0.05) is 13.8 Å². The average Bonchev–Trinajstić information content (AvgIpc) is 2.47. The molecule has 0 aromatic heterocycles. The summed E-state index contributed by atoms with van der Waals surface area (Å²) < 4.78 is 0. The molecule has 1 atom stereocenters. The molecule has 0 aromatic rings. The van der Waals surface area contributed by atoms with E-state index >= 15 is 0 Å². The summed E-state index contributed by atoms with van der Waals surface area (Å²) in [5.74, 6) is 0.740. The summed E-state index contributed by atoms with van der Waals surface area (Å²) in [7, 11) is 0. The van der Waals surface area contributed by atoms with Crippen LogP contribution in [0.1, 0.15) is 26.7 Å². The third kappa shape index (κ3) is 6.56. The van der Waals surface area contributed by atoms with Crippen molar-refractivity contribution in [1.82, 2.24) is 15.1 Å². The number of hydrogen-bond donors (Lipinski definition) is 2. The molecule has 122 valence electrons. The van der Waals surface area contributed by atoms with Crippen molar-refractivity contribution in [1.29, 1.82) is 0 Å². The Labute approximate surface area is 131 Å². The number of carbonyl (C=O) groups is 2. The van der Waals surface area contributed by atoms with Crippen LogP contribution < -0.4 is 5.32 Å². The van der Waals surface area contributed by atoms with E-state index < -0.39 is 5.97 Å². The molecule has 1 unspecified atom stereocenters. The molecule has 1 aliphatic rings. The largest absolute Gasteiger partial charge is 0.481 e. The molecular weight excluding hydrogens is 290 g/mol. The van der Waals surface area contributed by atoms with Crippen molar-refractivity contribution in [3.63, 3.8) is 0 Å². The zero-order valence-corrected chi connectivity index (χ0v) is 13.8. The van der Waals surface area contributed by atoms with E-state index in [0.29, 0.717) is 18.8 Å². The van der Waals surface area contributed by atoms with Gasteiger partial charge in [0.05, 0.1) is 12.5 Å². The van der Waals surface area contributed by atoms with Crippen LogP contribution in [0.5, 0.6) is 0 Å². The molecular formula is C14H27N3O3S. The molecule has 1 heterocycles. The van der Waals surface area contributed by atoms with Crippen LogP contribution in [-0.4, -0.2) is 77.2 Å². The molecule has 1 aliphatic heterocycles. The number of urea groups is 1. The number of rotatable bonds is 8. The molecule has 0 aromatic carbocycles. The van der Waals surface area contributed by atoms with E-state index in [1.54, 1.807) is 16.7 Å². The number of carboxylic acids is 1. The van der Waals surface area contributed by atoms with Gasteiger partial charge in [0, 0.05) is 24.6 Å². The highest BCUT2D eigenvalue weighted by Gasteiger charge is 2.28. The van der Waals surface area contributed by atoms with Gasteiger partial charge in [-0.05, 0) is 26.1 Å². The van der Waals surface area contributed by atoms with Gasteiger partial charge in [0.15, 0.2) is 0 Å². The van der Waals surface area contributed by atoms with Crippen molar-refractivity contribution in [2.45, 2.75) is 32.7 Å². The standard InChI is InChI=1S/C14H27N3O3S/c1-3-16(4-2)7-5-6-15-14(20)17-8-9-21-11-12(17)10-13(18)19/h12H,3-11H2,1-2H3,(H,15,20)(H,18,19). The Morgan fingerprint density at radius 2 is 2.10 bits per heavy atom. The molecule has 7 heteroatoms. The van der Waals surface area contributed by atoms with Gasteiger partial charge in [0.1, 0.15) is 0 Å². The molecule has 21 heavy (non-hydrogen) atoms. The molecule has 1 fully saturated rings. The Morgan fingerprint density at radius 3 is 2.71 bits per heavy atom. The summed E-state index contributed by atoms with van der Waals surface area (Å²) >= 11 is 1.71. The second-order valence-corrected chi connectivity index (χ2v) is 6.28. The lowest BCUT2D eigenvalue weighted by atomic mass is 10.2. The first-order chi connectivity index (χ1) is 10.1. The first-order valence-electron chi connectivity index (χ1n) is 7.64. The fourth-order valence-corrected chi connectivity index (χ4v) is 3.49. The van der Waals surface area contributed by atoms with Crippen LogP contribution in [0.3, 0.4) is 0 Å². The van der Waals surface area contributed by atoms with E-state index in [4.69, 9.17) is 5.11 Å². The monoisotopic (exact) mass is 317 g/mol. The van der Waals surface area contributed by atoms with Crippen molar-refractivity contribution < 1.29 is 14.7 Å². The lowest BCUT2D eigenvalue weighted by molar-refractivity contribution is -0.137. The third-order valence-corrected chi connectivity index (χ3v) is 4.81. The Hall–Kier alpha value is -0.950. The number of amides is 2. The van der Waals surface area contributed by atoms with Gasteiger partial charge in [-0.3, -0.25) is 4.79 Å². The normalized spacial score (nSPS) is 18.8. The SMILES string of the molecule is CCN(CC)CCCNC(=O)N1CCSCC1CC(=O)O. The lowest BCUT2D eigenvalue weighted by Gasteiger charge is -2.34. The fraction of sp³-hybridized carbons (Fsp3) is 0.857. The molecule has 1 saturated heterocycles. The van der Waals surface area contributed by atoms with E-state index in [2.05, 4.69) is 24.1 Å². The third-order valence-electron chi connectivity index (χ3n) is 3.72. The molecule has 0 bridgehead atoms. The molecule has 2 amide bonds. The zero-order valence-electron chi connectivity index (χ0n) is 13.0. The quantitative estimate of drug-likeness (QED) is 0.661. The van der Waals surface area contributed by atoms with Gasteiger partial charge >= 0.3 is 12.0 Å². The number of nitrogens with zero attached hydrogens (tertiary/aromatic N) is 2. The van der Waals surface area contributed by atoms with Gasteiger partial charge in [-0.15, -0.1) is 0 Å². The number of hydrogen-bond acceptors (Lipinski definition) is 4. The van der Waals surface area contributed by atoms with E-state index in [-0.39, 0.29) is 18.5 Å². The summed E-state index contributed by atoms with van der Waals surface area (Å²) in [5, 5.41) is 11.8. The zero-order chi connectivity index (χ0) is 15.7. The summed E-state index contributed by atoms with van der Waals surface area (Å²) in [6.07, 6.45) is 0.944. The second kappa shape index (κ2) is 9.89. The second-order valence-electron chi connectivity index (χ2n) is 5.13. The highest BCUT2D eigenvalue weighted by atomic mass is 32.2. The number of aliphatic carboxylic acids is 1. The van der Waals surface area contributed by atoms with Crippen LogP contribution in [0.25, 0.3) is 0 Å². The minimum absolute atomic E-state index is 0.0276. The van der Waals surface area contributed by atoms with Crippen molar-refractivity contribution in [3.05, 3.63) is 0 Å².